The van der Waals surface area contributed by atoms with E-state index in [1.165, 1.54) is 0 Å². The monoisotopic (exact) mass is 275 g/mol. The molecule has 0 radical (unpaired) electrons. The second-order valence-corrected chi connectivity index (χ2v) is 5.07. The molecule has 1 fully saturated rings. The summed E-state index contributed by atoms with van der Waals surface area (Å²) < 4.78 is 1.74. The van der Waals surface area contributed by atoms with Crippen LogP contribution in [0.1, 0.15) is 11.4 Å². The molecule has 1 aromatic heterocycles. The molecule has 2 unspecified atom stereocenters. The van der Waals surface area contributed by atoms with Crippen molar-refractivity contribution in [2.45, 2.75) is 25.3 Å². The Labute approximate surface area is 116 Å². The number of aromatic nitrogens is 4. The van der Waals surface area contributed by atoms with Gasteiger partial charge in [0.25, 0.3) is 0 Å². The number of tetrazole rings is 1. The smallest absolute Gasteiger partial charge is 0.165 e. The fraction of sp³-hybridized carbons (Fsp3) is 0.462. The summed E-state index contributed by atoms with van der Waals surface area (Å²) in [6.07, 6.45) is -1.37. The van der Waals surface area contributed by atoms with E-state index in [4.69, 9.17) is 0 Å². The Bertz CT molecular complexity index is 549. The second-order valence-electron chi connectivity index (χ2n) is 5.07. The van der Waals surface area contributed by atoms with Crippen LogP contribution in [0.3, 0.4) is 0 Å². The normalized spacial score (nSPS) is 23.3. The molecular formula is C13H17N5O2. The maximum atomic E-state index is 9.55. The molecule has 0 saturated carbocycles. The summed E-state index contributed by atoms with van der Waals surface area (Å²) >= 11 is 0. The minimum absolute atomic E-state index is 0.444. The number of aliphatic hydroxyl groups excluding tert-OH is 2. The number of rotatable bonds is 4. The standard InChI is InChI=1S/C13H17N5O2/c19-11-7-17(8-12(11)20)9-13-14-15-16-18(13)6-10-4-2-1-3-5-10/h1-5,11-12,19-20H,6-9H2. The lowest BCUT2D eigenvalue weighted by Gasteiger charge is -2.13. The van der Waals surface area contributed by atoms with E-state index in [1.807, 2.05) is 35.2 Å². The zero-order valence-electron chi connectivity index (χ0n) is 11.0. The summed E-state index contributed by atoms with van der Waals surface area (Å²) in [6.45, 7) is 2.02. The Morgan fingerprint density at radius 2 is 1.75 bits per heavy atom. The average molecular weight is 275 g/mol. The molecule has 1 saturated heterocycles. The molecule has 2 aromatic rings. The third-order valence-electron chi connectivity index (χ3n) is 3.48. The molecule has 1 aromatic carbocycles. The van der Waals surface area contributed by atoms with Crippen LogP contribution in [0.2, 0.25) is 0 Å². The van der Waals surface area contributed by atoms with Gasteiger partial charge in [-0.05, 0) is 16.0 Å². The molecule has 20 heavy (non-hydrogen) atoms. The quantitative estimate of drug-likeness (QED) is 0.764. The van der Waals surface area contributed by atoms with Gasteiger partial charge in [0.05, 0.1) is 25.3 Å². The molecule has 1 aliphatic rings. The molecule has 0 bridgehead atoms. The first-order valence-electron chi connectivity index (χ1n) is 6.60. The molecule has 1 aliphatic heterocycles. The number of β-amino-alcohol motifs (C(OH)–C–C–N with tert-alkyl or cyclic N) is 2. The van der Waals surface area contributed by atoms with Crippen LogP contribution >= 0.6 is 0 Å². The molecule has 2 atom stereocenters. The van der Waals surface area contributed by atoms with E-state index in [0.717, 1.165) is 11.4 Å². The predicted molar refractivity (Wildman–Crippen MR) is 70.7 cm³/mol. The van der Waals surface area contributed by atoms with E-state index in [2.05, 4.69) is 15.5 Å². The van der Waals surface area contributed by atoms with Gasteiger partial charge in [-0.15, -0.1) is 5.10 Å². The van der Waals surface area contributed by atoms with Gasteiger partial charge < -0.3 is 10.2 Å². The number of likely N-dealkylation sites (tertiary alicyclic amines) is 1. The van der Waals surface area contributed by atoms with Crippen LogP contribution < -0.4 is 0 Å². The molecule has 106 valence electrons. The summed E-state index contributed by atoms with van der Waals surface area (Å²) in [6, 6.07) is 9.97. The maximum Gasteiger partial charge on any atom is 0.165 e. The molecule has 2 heterocycles. The van der Waals surface area contributed by atoms with E-state index in [0.29, 0.717) is 26.2 Å². The van der Waals surface area contributed by atoms with Crippen LogP contribution in [0, 0.1) is 0 Å². The van der Waals surface area contributed by atoms with E-state index >= 15 is 0 Å². The van der Waals surface area contributed by atoms with E-state index in [-0.39, 0.29) is 0 Å². The lowest BCUT2D eigenvalue weighted by Crippen LogP contribution is -2.24. The minimum atomic E-state index is -0.687. The fourth-order valence-electron chi connectivity index (χ4n) is 2.39. The second kappa shape index (κ2) is 5.66. The van der Waals surface area contributed by atoms with Gasteiger partial charge >= 0.3 is 0 Å². The summed E-state index contributed by atoms with van der Waals surface area (Å²) in [5.41, 5.74) is 1.13. The van der Waals surface area contributed by atoms with Crippen LogP contribution in [0.4, 0.5) is 0 Å². The lowest BCUT2D eigenvalue weighted by atomic mass is 10.2. The van der Waals surface area contributed by atoms with Crippen molar-refractivity contribution in [2.24, 2.45) is 0 Å². The van der Waals surface area contributed by atoms with Gasteiger partial charge in [-0.3, -0.25) is 4.90 Å². The van der Waals surface area contributed by atoms with Crippen molar-refractivity contribution in [3.8, 4) is 0 Å². The fourth-order valence-corrected chi connectivity index (χ4v) is 2.39. The van der Waals surface area contributed by atoms with Gasteiger partial charge in [0.2, 0.25) is 0 Å². The highest BCUT2D eigenvalue weighted by Crippen LogP contribution is 2.13. The summed E-state index contributed by atoms with van der Waals surface area (Å²) in [4.78, 5) is 1.95. The Morgan fingerprint density at radius 1 is 1.05 bits per heavy atom. The minimum Gasteiger partial charge on any atom is -0.389 e. The third kappa shape index (κ3) is 2.84. The number of nitrogens with zero attached hydrogens (tertiary/aromatic N) is 5. The van der Waals surface area contributed by atoms with Crippen molar-refractivity contribution in [2.75, 3.05) is 13.1 Å². The van der Waals surface area contributed by atoms with Crippen molar-refractivity contribution >= 4 is 0 Å². The molecule has 7 nitrogen and oxygen atoms in total. The number of benzene rings is 1. The summed E-state index contributed by atoms with van der Waals surface area (Å²) in [7, 11) is 0. The van der Waals surface area contributed by atoms with Crippen LogP contribution in [0.15, 0.2) is 30.3 Å². The largest absolute Gasteiger partial charge is 0.389 e. The Kier molecular flexibility index (Phi) is 3.72. The molecule has 3 rings (SSSR count). The highest BCUT2D eigenvalue weighted by Gasteiger charge is 2.30. The van der Waals surface area contributed by atoms with Gasteiger partial charge in [0.15, 0.2) is 5.82 Å². The van der Waals surface area contributed by atoms with Crippen LogP contribution in [0.25, 0.3) is 0 Å². The first-order chi connectivity index (χ1) is 9.72. The van der Waals surface area contributed by atoms with Crippen LogP contribution in [-0.4, -0.2) is 60.6 Å². The van der Waals surface area contributed by atoms with Gasteiger partial charge in [-0.1, -0.05) is 30.3 Å². The van der Waals surface area contributed by atoms with Crippen molar-refractivity contribution < 1.29 is 10.2 Å². The predicted octanol–water partition coefficient (Wildman–Crippen LogP) is -0.741. The lowest BCUT2D eigenvalue weighted by molar-refractivity contribution is 0.0572. The molecule has 0 aliphatic carbocycles. The third-order valence-corrected chi connectivity index (χ3v) is 3.48. The topological polar surface area (TPSA) is 87.3 Å². The Morgan fingerprint density at radius 3 is 2.45 bits per heavy atom. The van der Waals surface area contributed by atoms with Gasteiger partial charge in [-0.2, -0.15) is 0 Å². The number of hydrogen-bond donors (Lipinski definition) is 2. The van der Waals surface area contributed by atoms with Crippen LogP contribution in [0.5, 0.6) is 0 Å². The van der Waals surface area contributed by atoms with Crippen molar-refractivity contribution in [1.29, 1.82) is 0 Å². The van der Waals surface area contributed by atoms with Crippen LogP contribution in [-0.2, 0) is 13.1 Å². The van der Waals surface area contributed by atoms with Gasteiger partial charge in [-0.25, -0.2) is 4.68 Å². The Hall–Kier alpha value is -1.83. The average Bonchev–Trinajstić information content (AvgIpc) is 2.99. The molecular weight excluding hydrogens is 258 g/mol. The van der Waals surface area contributed by atoms with E-state index in [9.17, 15) is 10.2 Å². The van der Waals surface area contributed by atoms with E-state index in [1.54, 1.807) is 4.68 Å². The first kappa shape index (κ1) is 13.2. The number of aliphatic hydroxyl groups is 2. The summed E-state index contributed by atoms with van der Waals surface area (Å²) in [5.74, 6) is 0.732. The molecule has 0 amide bonds. The highest BCUT2D eigenvalue weighted by atomic mass is 16.3. The summed E-state index contributed by atoms with van der Waals surface area (Å²) in [5, 5.41) is 30.8. The zero-order chi connectivity index (χ0) is 13.9. The molecule has 2 N–H and O–H groups in total. The first-order valence-corrected chi connectivity index (χ1v) is 6.60. The molecule has 7 heteroatoms. The van der Waals surface area contributed by atoms with Gasteiger partial charge in [0.1, 0.15) is 0 Å². The maximum absolute atomic E-state index is 9.55. The zero-order valence-corrected chi connectivity index (χ0v) is 11.0. The molecule has 0 spiro atoms. The van der Waals surface area contributed by atoms with Crippen molar-refractivity contribution in [1.82, 2.24) is 25.1 Å². The Balaban J connectivity index is 1.68. The van der Waals surface area contributed by atoms with E-state index < -0.39 is 12.2 Å². The van der Waals surface area contributed by atoms with Crippen molar-refractivity contribution in [3.63, 3.8) is 0 Å². The SMILES string of the molecule is OC1CN(Cc2nnnn2Cc2ccccc2)CC1O. The number of hydrogen-bond acceptors (Lipinski definition) is 6. The van der Waals surface area contributed by atoms with Crippen molar-refractivity contribution in [3.05, 3.63) is 41.7 Å². The highest BCUT2D eigenvalue weighted by molar-refractivity contribution is 5.14. The van der Waals surface area contributed by atoms with Gasteiger partial charge in [0, 0.05) is 13.1 Å².